The topological polar surface area (TPSA) is 137 Å². The predicted octanol–water partition coefficient (Wildman–Crippen LogP) is 5.32. The first kappa shape index (κ1) is 24.8. The minimum Gasteiger partial charge on any atom is -0.457 e. The third kappa shape index (κ3) is 5.94. The van der Waals surface area contributed by atoms with E-state index in [-0.39, 0.29) is 23.4 Å². The lowest BCUT2D eigenvalue weighted by atomic mass is 9.75. The van der Waals surface area contributed by atoms with E-state index in [0.717, 1.165) is 31.4 Å². The Balaban J connectivity index is 1.92. The summed E-state index contributed by atoms with van der Waals surface area (Å²) in [5.41, 5.74) is 1.96. The highest BCUT2D eigenvalue weighted by molar-refractivity contribution is 6.43. The van der Waals surface area contributed by atoms with Crippen LogP contribution in [0.2, 0.25) is 0 Å². The van der Waals surface area contributed by atoms with Gasteiger partial charge in [-0.15, -0.1) is 0 Å². The molecule has 0 spiro atoms. The van der Waals surface area contributed by atoms with Crippen molar-refractivity contribution in [2.45, 2.75) is 46.1 Å². The highest BCUT2D eigenvalue weighted by Gasteiger charge is 2.34. The number of carbonyl (C=O) groups is 1. The van der Waals surface area contributed by atoms with Gasteiger partial charge in [-0.3, -0.25) is 25.7 Å². The molecule has 180 valence electrons. The van der Waals surface area contributed by atoms with Crippen LogP contribution in [0.25, 0.3) is 0 Å². The van der Waals surface area contributed by atoms with Crippen LogP contribution in [0.3, 0.4) is 0 Å². The van der Waals surface area contributed by atoms with Crippen LogP contribution in [0, 0.1) is 38.0 Å². The lowest BCUT2D eigenvalue weighted by Gasteiger charge is -2.36. The molecular formula is C24H28N4O6. The third-order valence-corrected chi connectivity index (χ3v) is 6.14. The summed E-state index contributed by atoms with van der Waals surface area (Å²) >= 11 is 0. The minimum absolute atomic E-state index is 0.0333. The van der Waals surface area contributed by atoms with Crippen LogP contribution in [0.5, 0.6) is 0 Å². The van der Waals surface area contributed by atoms with E-state index in [0.29, 0.717) is 17.4 Å². The van der Waals surface area contributed by atoms with Gasteiger partial charge in [-0.05, 0) is 36.7 Å². The lowest BCUT2D eigenvalue weighted by molar-refractivity contribution is -0.393. The van der Waals surface area contributed by atoms with E-state index in [2.05, 4.69) is 31.3 Å². The highest BCUT2D eigenvalue weighted by atomic mass is 16.6. The average molecular weight is 469 g/mol. The number of nitrogens with zero attached hydrogens (tertiary/aromatic N) is 3. The molecule has 0 saturated heterocycles. The van der Waals surface area contributed by atoms with E-state index in [4.69, 9.17) is 4.74 Å². The van der Waals surface area contributed by atoms with Crippen molar-refractivity contribution in [1.82, 2.24) is 0 Å². The Morgan fingerprint density at radius 2 is 1.79 bits per heavy atom. The van der Waals surface area contributed by atoms with E-state index in [1.165, 1.54) is 6.07 Å². The Bertz CT molecular complexity index is 1090. The standard InChI is InChI=1S/C24H28N4O6/c1-15(2)19-11-9-16(3)13-22(19)34-24(29)23(17-7-5-4-6-8-17)26-25-20-12-10-18(27(30)31)14-21(20)28(32)33/h4-8,10,12,14-16,19,22,25H,9,11,13H2,1-3H3/b26-23-/t16-,19-,22-/m1/s1. The molecular weight excluding hydrogens is 440 g/mol. The summed E-state index contributed by atoms with van der Waals surface area (Å²) in [6, 6.07) is 11.8. The van der Waals surface area contributed by atoms with Gasteiger partial charge < -0.3 is 4.74 Å². The third-order valence-electron chi connectivity index (χ3n) is 6.14. The van der Waals surface area contributed by atoms with Gasteiger partial charge in [-0.1, -0.05) is 57.5 Å². The van der Waals surface area contributed by atoms with Crippen molar-refractivity contribution in [3.63, 3.8) is 0 Å². The Labute approximate surface area is 197 Å². The van der Waals surface area contributed by atoms with Crippen LogP contribution >= 0.6 is 0 Å². The quantitative estimate of drug-likeness (QED) is 0.239. The fourth-order valence-electron chi connectivity index (χ4n) is 4.26. The zero-order valence-corrected chi connectivity index (χ0v) is 19.3. The van der Waals surface area contributed by atoms with Crippen molar-refractivity contribution in [3.8, 4) is 0 Å². The van der Waals surface area contributed by atoms with Gasteiger partial charge in [0.2, 0.25) is 0 Å². The van der Waals surface area contributed by atoms with E-state index >= 15 is 0 Å². The van der Waals surface area contributed by atoms with E-state index in [1.807, 2.05) is 0 Å². The first-order valence-electron chi connectivity index (χ1n) is 11.2. The van der Waals surface area contributed by atoms with Gasteiger partial charge >= 0.3 is 11.7 Å². The van der Waals surface area contributed by atoms with Crippen LogP contribution in [-0.4, -0.2) is 27.6 Å². The number of nitro groups is 2. The Morgan fingerprint density at radius 3 is 2.41 bits per heavy atom. The number of nitro benzene ring substituents is 2. The second kappa shape index (κ2) is 10.9. The van der Waals surface area contributed by atoms with Crippen molar-refractivity contribution in [2.75, 3.05) is 5.43 Å². The van der Waals surface area contributed by atoms with Crippen LogP contribution in [0.4, 0.5) is 17.1 Å². The monoisotopic (exact) mass is 468 g/mol. The van der Waals surface area contributed by atoms with Gasteiger partial charge in [-0.2, -0.15) is 5.10 Å². The number of nitrogens with one attached hydrogen (secondary N) is 1. The van der Waals surface area contributed by atoms with E-state index in [1.54, 1.807) is 30.3 Å². The number of ether oxygens (including phenoxy) is 1. The Morgan fingerprint density at radius 1 is 1.09 bits per heavy atom. The van der Waals surface area contributed by atoms with Crippen LogP contribution in [0.15, 0.2) is 53.6 Å². The lowest BCUT2D eigenvalue weighted by Crippen LogP contribution is -2.37. The van der Waals surface area contributed by atoms with Gasteiger partial charge in [0.05, 0.1) is 15.9 Å². The average Bonchev–Trinajstić information content (AvgIpc) is 2.79. The van der Waals surface area contributed by atoms with E-state index in [9.17, 15) is 25.0 Å². The molecule has 2 aromatic carbocycles. The number of non-ortho nitro benzene ring substituents is 1. The van der Waals surface area contributed by atoms with Crippen molar-refractivity contribution in [3.05, 3.63) is 74.3 Å². The number of hydrazone groups is 1. The van der Waals surface area contributed by atoms with Gasteiger partial charge in [0.15, 0.2) is 5.71 Å². The number of esters is 1. The molecule has 1 N–H and O–H groups in total. The molecule has 3 atom stereocenters. The molecule has 1 saturated carbocycles. The SMILES string of the molecule is CC(C)[C@H]1CC[C@@H](C)C[C@H]1OC(=O)/C(=N\Nc1ccc([N+](=O)[O-])cc1[N+](=O)[O-])c1ccccc1. The molecule has 1 fully saturated rings. The first-order valence-corrected chi connectivity index (χ1v) is 11.2. The molecule has 0 unspecified atom stereocenters. The van der Waals surface area contributed by atoms with Crippen molar-refractivity contribution < 1.29 is 19.4 Å². The van der Waals surface area contributed by atoms with Gasteiger partial charge in [-0.25, -0.2) is 4.79 Å². The number of benzene rings is 2. The molecule has 0 heterocycles. The fraction of sp³-hybridized carbons (Fsp3) is 0.417. The maximum atomic E-state index is 13.3. The maximum Gasteiger partial charge on any atom is 0.359 e. The molecule has 34 heavy (non-hydrogen) atoms. The largest absolute Gasteiger partial charge is 0.457 e. The second-order valence-electron chi connectivity index (χ2n) is 8.92. The number of rotatable bonds is 8. The van der Waals surface area contributed by atoms with Crippen molar-refractivity contribution >= 4 is 28.7 Å². The number of hydrogen-bond donors (Lipinski definition) is 1. The maximum absolute atomic E-state index is 13.3. The van der Waals surface area contributed by atoms with Crippen LogP contribution in [0.1, 0.15) is 45.6 Å². The number of anilines is 1. The summed E-state index contributed by atoms with van der Waals surface area (Å²) in [4.78, 5) is 34.2. The molecule has 1 aliphatic rings. The van der Waals surface area contributed by atoms with Gasteiger partial charge in [0.1, 0.15) is 11.8 Å². The number of carbonyl (C=O) groups excluding carboxylic acids is 1. The molecule has 10 heteroatoms. The molecule has 2 aromatic rings. The van der Waals surface area contributed by atoms with E-state index < -0.39 is 27.2 Å². The fourth-order valence-corrected chi connectivity index (χ4v) is 4.26. The Hall–Kier alpha value is -3.82. The normalized spacial score (nSPS) is 20.6. The molecule has 0 aliphatic heterocycles. The zero-order valence-electron chi connectivity index (χ0n) is 19.3. The smallest absolute Gasteiger partial charge is 0.359 e. The van der Waals surface area contributed by atoms with Gasteiger partial charge in [0.25, 0.3) is 5.69 Å². The molecule has 1 aliphatic carbocycles. The predicted molar refractivity (Wildman–Crippen MR) is 128 cm³/mol. The summed E-state index contributed by atoms with van der Waals surface area (Å²) in [6.45, 7) is 6.37. The van der Waals surface area contributed by atoms with Crippen LogP contribution < -0.4 is 5.43 Å². The molecule has 0 amide bonds. The second-order valence-corrected chi connectivity index (χ2v) is 8.92. The van der Waals surface area contributed by atoms with Crippen molar-refractivity contribution in [2.24, 2.45) is 22.9 Å². The molecule has 3 rings (SSSR count). The first-order chi connectivity index (χ1) is 16.2. The Kier molecular flexibility index (Phi) is 7.93. The molecule has 10 nitrogen and oxygen atoms in total. The summed E-state index contributed by atoms with van der Waals surface area (Å²) in [6.07, 6.45) is 2.57. The molecule has 0 radical (unpaired) electrons. The summed E-state index contributed by atoms with van der Waals surface area (Å²) in [5.74, 6) is 0.392. The van der Waals surface area contributed by atoms with Crippen molar-refractivity contribution in [1.29, 1.82) is 0 Å². The zero-order chi connectivity index (χ0) is 24.8. The molecule has 0 aromatic heterocycles. The molecule has 0 bridgehead atoms. The number of hydrogen-bond acceptors (Lipinski definition) is 8. The highest BCUT2D eigenvalue weighted by Crippen LogP contribution is 2.35. The minimum atomic E-state index is -0.748. The summed E-state index contributed by atoms with van der Waals surface area (Å²) < 4.78 is 5.94. The summed E-state index contributed by atoms with van der Waals surface area (Å²) in [5, 5.41) is 26.6. The van der Waals surface area contributed by atoms with Crippen LogP contribution in [-0.2, 0) is 9.53 Å². The summed E-state index contributed by atoms with van der Waals surface area (Å²) in [7, 11) is 0. The van der Waals surface area contributed by atoms with Gasteiger partial charge in [0, 0.05) is 11.6 Å².